The number of nitrogens with zero attached hydrogens (tertiary/aromatic N) is 1. The predicted octanol–water partition coefficient (Wildman–Crippen LogP) is 4.31. The van der Waals surface area contributed by atoms with Crippen LogP contribution >= 0.6 is 11.6 Å². The Morgan fingerprint density at radius 1 is 0.917 bits per heavy atom. The molecule has 1 atom stereocenters. The van der Waals surface area contributed by atoms with Gasteiger partial charge in [0.1, 0.15) is 0 Å². The van der Waals surface area contributed by atoms with E-state index in [1.165, 1.54) is 33.0 Å². The fraction of sp³-hybridized carbons (Fsp3) is 0.160. The number of nitrogens with one attached hydrogen (secondary N) is 2. The molecule has 2 amide bonds. The fourth-order valence-electron chi connectivity index (χ4n) is 3.12. The zero-order valence-electron chi connectivity index (χ0n) is 19.7. The smallest absolute Gasteiger partial charge is 0.340 e. The third kappa shape index (κ3) is 6.41. The fourth-order valence-corrected chi connectivity index (χ4v) is 4.53. The van der Waals surface area contributed by atoms with Crippen LogP contribution in [-0.4, -0.2) is 39.4 Å². The molecule has 0 saturated heterocycles. The number of anilines is 3. The van der Waals surface area contributed by atoms with Crippen molar-refractivity contribution in [3.8, 4) is 0 Å². The Labute approximate surface area is 214 Å². The number of rotatable bonds is 8. The first kappa shape index (κ1) is 26.7. The van der Waals surface area contributed by atoms with Gasteiger partial charge in [0.25, 0.3) is 15.9 Å². The predicted molar refractivity (Wildman–Crippen MR) is 138 cm³/mol. The molecule has 0 bridgehead atoms. The number of sulfonamides is 1. The summed E-state index contributed by atoms with van der Waals surface area (Å²) in [6, 6.07) is 18.5. The van der Waals surface area contributed by atoms with Crippen molar-refractivity contribution in [2.45, 2.75) is 24.8 Å². The minimum Gasteiger partial charge on any atom is -0.449 e. The highest BCUT2D eigenvalue weighted by atomic mass is 35.5. The highest BCUT2D eigenvalue weighted by Crippen LogP contribution is 2.26. The average molecular weight is 530 g/mol. The third-order valence-electron chi connectivity index (χ3n) is 5.06. The second-order valence-electron chi connectivity index (χ2n) is 7.75. The van der Waals surface area contributed by atoms with Gasteiger partial charge in [0, 0.05) is 25.3 Å². The van der Waals surface area contributed by atoms with Crippen molar-refractivity contribution in [2.24, 2.45) is 0 Å². The Morgan fingerprint density at radius 3 is 2.08 bits per heavy atom. The summed E-state index contributed by atoms with van der Waals surface area (Å²) >= 11 is 6.14. The van der Waals surface area contributed by atoms with Crippen molar-refractivity contribution in [1.82, 2.24) is 0 Å². The molecule has 0 radical (unpaired) electrons. The third-order valence-corrected chi connectivity index (χ3v) is 7.17. The first-order chi connectivity index (χ1) is 17.0. The van der Waals surface area contributed by atoms with Gasteiger partial charge < -0.3 is 15.4 Å². The van der Waals surface area contributed by atoms with Crippen molar-refractivity contribution in [1.29, 1.82) is 0 Å². The number of ether oxygens (including phenoxy) is 1. The van der Waals surface area contributed by atoms with Crippen LogP contribution in [0.1, 0.15) is 24.2 Å². The molecule has 0 saturated carbocycles. The van der Waals surface area contributed by atoms with Gasteiger partial charge in [-0.15, -0.1) is 0 Å². The van der Waals surface area contributed by atoms with Crippen LogP contribution in [0.15, 0.2) is 77.7 Å². The second kappa shape index (κ2) is 11.2. The second-order valence-corrected chi connectivity index (χ2v) is 10.1. The molecule has 3 aromatic carbocycles. The zero-order valence-corrected chi connectivity index (χ0v) is 21.3. The van der Waals surface area contributed by atoms with Gasteiger partial charge in [0.05, 0.1) is 21.2 Å². The lowest BCUT2D eigenvalue weighted by Gasteiger charge is -2.20. The molecule has 2 N–H and O–H groups in total. The van der Waals surface area contributed by atoms with E-state index in [2.05, 4.69) is 10.6 Å². The van der Waals surface area contributed by atoms with E-state index >= 15 is 0 Å². The summed E-state index contributed by atoms with van der Waals surface area (Å²) in [4.78, 5) is 36.2. The lowest BCUT2D eigenvalue weighted by atomic mass is 10.2. The van der Waals surface area contributed by atoms with Crippen LogP contribution < -0.4 is 14.9 Å². The lowest BCUT2D eigenvalue weighted by molar-refractivity contribution is -0.123. The minimum atomic E-state index is -4.00. The molecule has 0 heterocycles. The van der Waals surface area contributed by atoms with E-state index in [1.54, 1.807) is 54.6 Å². The lowest BCUT2D eigenvalue weighted by Crippen LogP contribution is -2.30. The van der Waals surface area contributed by atoms with Crippen molar-refractivity contribution in [3.05, 3.63) is 83.4 Å². The van der Waals surface area contributed by atoms with Crippen LogP contribution in [0.2, 0.25) is 5.02 Å². The first-order valence-corrected chi connectivity index (χ1v) is 12.5. The average Bonchev–Trinajstić information content (AvgIpc) is 2.85. The van der Waals surface area contributed by atoms with Gasteiger partial charge in [-0.3, -0.25) is 13.9 Å². The maximum absolute atomic E-state index is 13.1. The normalized spacial score (nSPS) is 11.8. The Kier molecular flexibility index (Phi) is 8.33. The Balaban J connectivity index is 1.72. The van der Waals surface area contributed by atoms with Crippen molar-refractivity contribution in [3.63, 3.8) is 0 Å². The number of carbonyl (C=O) groups is 3. The van der Waals surface area contributed by atoms with Crippen molar-refractivity contribution < 1.29 is 27.5 Å². The largest absolute Gasteiger partial charge is 0.449 e. The molecule has 0 aliphatic rings. The number of benzene rings is 3. The Morgan fingerprint density at radius 2 is 1.50 bits per heavy atom. The summed E-state index contributed by atoms with van der Waals surface area (Å²) in [5, 5.41) is 5.18. The molecule has 0 spiro atoms. The summed E-state index contributed by atoms with van der Waals surface area (Å²) < 4.78 is 32.5. The van der Waals surface area contributed by atoms with Crippen molar-refractivity contribution in [2.75, 3.05) is 22.0 Å². The number of esters is 1. The topological polar surface area (TPSA) is 122 Å². The maximum Gasteiger partial charge on any atom is 0.340 e. The van der Waals surface area contributed by atoms with E-state index in [0.29, 0.717) is 17.1 Å². The summed E-state index contributed by atoms with van der Waals surface area (Å²) in [7, 11) is -2.60. The SMILES string of the molecule is CC(=O)Nc1ccc(NC(=O)C(C)OC(=O)c2cc(S(=O)(=O)N(C)c3ccccc3)ccc2Cl)cc1. The summed E-state index contributed by atoms with van der Waals surface area (Å²) in [5.41, 5.74) is 1.22. The van der Waals surface area contributed by atoms with Gasteiger partial charge in [-0.25, -0.2) is 13.2 Å². The van der Waals surface area contributed by atoms with Crippen LogP contribution in [0.25, 0.3) is 0 Å². The van der Waals surface area contributed by atoms with Gasteiger partial charge in [0.2, 0.25) is 5.91 Å². The van der Waals surface area contributed by atoms with E-state index < -0.39 is 28.0 Å². The van der Waals surface area contributed by atoms with Gasteiger partial charge in [-0.05, 0) is 61.5 Å². The molecule has 0 aliphatic carbocycles. The maximum atomic E-state index is 13.1. The highest BCUT2D eigenvalue weighted by molar-refractivity contribution is 7.92. The molecule has 9 nitrogen and oxygen atoms in total. The van der Waals surface area contributed by atoms with Gasteiger partial charge in [0.15, 0.2) is 6.10 Å². The molecular weight excluding hydrogens is 506 g/mol. The van der Waals surface area contributed by atoms with Crippen LogP contribution in [0.5, 0.6) is 0 Å². The Hall–Kier alpha value is -3.89. The van der Waals surface area contributed by atoms with Crippen LogP contribution in [0.3, 0.4) is 0 Å². The zero-order chi connectivity index (χ0) is 26.5. The van der Waals surface area contributed by atoms with Crippen LogP contribution in [0.4, 0.5) is 17.1 Å². The standard InChI is InChI=1S/C25H24ClN3O6S/c1-16(24(31)28-19-11-9-18(10-12-19)27-17(2)30)35-25(32)22-15-21(13-14-23(22)26)36(33,34)29(3)20-7-5-4-6-8-20/h4-16H,1-3H3,(H,27,30)(H,28,31). The molecule has 3 aromatic rings. The van der Waals surface area contributed by atoms with Gasteiger partial charge in [-0.2, -0.15) is 0 Å². The summed E-state index contributed by atoms with van der Waals surface area (Å²) in [5.74, 6) is -1.79. The van der Waals surface area contributed by atoms with E-state index in [0.717, 1.165) is 10.4 Å². The van der Waals surface area contributed by atoms with E-state index in [-0.39, 0.29) is 21.4 Å². The van der Waals surface area contributed by atoms with E-state index in [9.17, 15) is 22.8 Å². The molecule has 188 valence electrons. The molecule has 0 aromatic heterocycles. The minimum absolute atomic E-state index is 0.0255. The van der Waals surface area contributed by atoms with Crippen molar-refractivity contribution >= 4 is 56.5 Å². The molecule has 36 heavy (non-hydrogen) atoms. The number of hydrogen-bond acceptors (Lipinski definition) is 6. The summed E-state index contributed by atoms with van der Waals surface area (Å²) in [6.45, 7) is 2.75. The number of halogens is 1. The first-order valence-electron chi connectivity index (χ1n) is 10.7. The molecule has 0 aliphatic heterocycles. The van der Waals surface area contributed by atoms with E-state index in [1.807, 2.05) is 0 Å². The molecule has 1 unspecified atom stereocenters. The highest BCUT2D eigenvalue weighted by Gasteiger charge is 2.26. The number of hydrogen-bond donors (Lipinski definition) is 2. The number of carbonyl (C=O) groups excluding carboxylic acids is 3. The molecule has 11 heteroatoms. The Bertz CT molecular complexity index is 1380. The van der Waals surface area contributed by atoms with E-state index in [4.69, 9.17) is 16.3 Å². The number of amides is 2. The van der Waals surface area contributed by atoms with Gasteiger partial charge >= 0.3 is 5.97 Å². The molecular formula is C25H24ClN3O6S. The quantitative estimate of drug-likeness (QED) is 0.419. The monoisotopic (exact) mass is 529 g/mol. The number of para-hydroxylation sites is 1. The molecule has 3 rings (SSSR count). The molecule has 0 fully saturated rings. The summed E-state index contributed by atoms with van der Waals surface area (Å²) in [6.07, 6.45) is -1.21. The van der Waals surface area contributed by atoms with Gasteiger partial charge in [-0.1, -0.05) is 29.8 Å². The van der Waals surface area contributed by atoms with Crippen LogP contribution in [0, 0.1) is 0 Å². The van der Waals surface area contributed by atoms with Crippen LogP contribution in [-0.2, 0) is 24.3 Å².